The fraction of sp³-hybridized carbons (Fsp3) is 0.316. The molecule has 1 aliphatic rings. The van der Waals surface area contributed by atoms with Crippen molar-refractivity contribution < 1.29 is 22.5 Å². The summed E-state index contributed by atoms with van der Waals surface area (Å²) in [6.07, 6.45) is 4.69. The Morgan fingerprint density at radius 1 is 1.00 bits per heavy atom. The lowest BCUT2D eigenvalue weighted by Gasteiger charge is -2.25. The minimum atomic E-state index is -4.61. The zero-order chi connectivity index (χ0) is 20.5. The molecule has 1 aliphatic carbocycles. The van der Waals surface area contributed by atoms with Crippen LogP contribution in [-0.4, -0.2) is 18.9 Å². The van der Waals surface area contributed by atoms with Gasteiger partial charge in [-0.2, -0.15) is 0 Å². The van der Waals surface area contributed by atoms with Crippen LogP contribution in [0.5, 0.6) is 5.75 Å². The van der Waals surface area contributed by atoms with E-state index < -0.39 is 16.1 Å². The Hall–Kier alpha value is 0.01000. The summed E-state index contributed by atoms with van der Waals surface area (Å²) in [6, 6.07) is 7.72. The van der Waals surface area contributed by atoms with Gasteiger partial charge in [-0.25, -0.2) is 13.2 Å². The summed E-state index contributed by atoms with van der Waals surface area (Å²) in [5.74, 6) is -0.142. The summed E-state index contributed by atoms with van der Waals surface area (Å²) in [5, 5.41) is 0. The number of carbonyl (C=O) groups excluding carboxylic acids is 1. The Morgan fingerprint density at radius 2 is 1.68 bits per heavy atom. The SMILES string of the molecule is O=C(Oc1ccc(I)c(I)c1I)c1ccc(S(=O)(=O)[O-])c(C2CCCCC2)c1. The number of rotatable bonds is 4. The molecule has 9 heteroatoms. The normalized spacial score (nSPS) is 15.4. The monoisotopic (exact) mass is 737 g/mol. The molecule has 0 atom stereocenters. The van der Waals surface area contributed by atoms with Gasteiger partial charge in [0.05, 0.1) is 14.0 Å². The van der Waals surface area contributed by atoms with Gasteiger partial charge in [0, 0.05) is 7.14 Å². The van der Waals surface area contributed by atoms with E-state index in [9.17, 15) is 17.8 Å². The van der Waals surface area contributed by atoms with Gasteiger partial charge in [-0.3, -0.25) is 0 Å². The maximum absolute atomic E-state index is 12.7. The Balaban J connectivity index is 1.96. The highest BCUT2D eigenvalue weighted by atomic mass is 127. The number of hydrogen-bond acceptors (Lipinski definition) is 5. The third-order valence-corrected chi connectivity index (χ3v) is 10.8. The molecule has 0 spiro atoms. The van der Waals surface area contributed by atoms with Crippen molar-refractivity contribution in [2.45, 2.75) is 42.9 Å². The van der Waals surface area contributed by atoms with Crippen LogP contribution < -0.4 is 4.74 Å². The zero-order valence-corrected chi connectivity index (χ0v) is 21.9. The first kappa shape index (κ1) is 22.7. The number of ether oxygens (including phenoxy) is 1. The second kappa shape index (κ2) is 9.43. The number of halogens is 3. The van der Waals surface area contributed by atoms with Gasteiger partial charge in [-0.15, -0.1) is 0 Å². The molecule has 0 bridgehead atoms. The topological polar surface area (TPSA) is 83.5 Å². The summed E-state index contributed by atoms with van der Waals surface area (Å²) >= 11 is 6.54. The van der Waals surface area contributed by atoms with Crippen LogP contribution in [0, 0.1) is 10.7 Å². The van der Waals surface area contributed by atoms with E-state index in [0.717, 1.165) is 42.8 Å². The number of benzene rings is 2. The molecule has 0 radical (unpaired) electrons. The molecule has 0 saturated heterocycles. The highest BCUT2D eigenvalue weighted by Gasteiger charge is 2.23. The Kier molecular flexibility index (Phi) is 7.64. The van der Waals surface area contributed by atoms with E-state index in [-0.39, 0.29) is 16.4 Å². The number of hydrogen-bond donors (Lipinski definition) is 0. The van der Waals surface area contributed by atoms with E-state index in [1.54, 1.807) is 6.07 Å². The summed E-state index contributed by atoms with van der Waals surface area (Å²) < 4.78 is 43.6. The van der Waals surface area contributed by atoms with Crippen LogP contribution >= 0.6 is 67.8 Å². The molecule has 2 aromatic carbocycles. The van der Waals surface area contributed by atoms with Crippen LogP contribution in [0.15, 0.2) is 35.2 Å². The highest BCUT2D eigenvalue weighted by Crippen LogP contribution is 2.37. The fourth-order valence-electron chi connectivity index (χ4n) is 3.38. The van der Waals surface area contributed by atoms with Gasteiger partial charge < -0.3 is 9.29 Å². The van der Waals surface area contributed by atoms with Gasteiger partial charge in [-0.05, 0) is 122 Å². The van der Waals surface area contributed by atoms with Crippen molar-refractivity contribution in [1.82, 2.24) is 0 Å². The molecule has 0 aliphatic heterocycles. The lowest BCUT2D eigenvalue weighted by Crippen LogP contribution is -2.15. The van der Waals surface area contributed by atoms with Crippen molar-refractivity contribution in [3.8, 4) is 5.75 Å². The van der Waals surface area contributed by atoms with Crippen LogP contribution in [0.4, 0.5) is 0 Å². The first-order valence-electron chi connectivity index (χ1n) is 8.64. The largest absolute Gasteiger partial charge is 0.744 e. The zero-order valence-electron chi connectivity index (χ0n) is 14.6. The predicted octanol–water partition coefficient (Wildman–Crippen LogP) is 5.67. The van der Waals surface area contributed by atoms with Gasteiger partial charge in [0.2, 0.25) is 0 Å². The van der Waals surface area contributed by atoms with Crippen molar-refractivity contribution in [3.63, 3.8) is 0 Å². The molecule has 2 aromatic rings. The molecule has 150 valence electrons. The minimum absolute atomic E-state index is 0.0281. The van der Waals surface area contributed by atoms with Crippen LogP contribution in [0.1, 0.15) is 53.9 Å². The molecule has 3 rings (SSSR count). The predicted molar refractivity (Wildman–Crippen MR) is 130 cm³/mol. The third-order valence-electron chi connectivity index (χ3n) is 4.76. The molecule has 0 amide bonds. The molecule has 28 heavy (non-hydrogen) atoms. The van der Waals surface area contributed by atoms with E-state index in [1.807, 2.05) is 6.07 Å². The molecule has 0 N–H and O–H groups in total. The van der Waals surface area contributed by atoms with Gasteiger partial charge in [0.25, 0.3) is 0 Å². The average Bonchev–Trinajstić information content (AvgIpc) is 2.68. The summed E-state index contributed by atoms with van der Waals surface area (Å²) in [6.45, 7) is 0. The minimum Gasteiger partial charge on any atom is -0.744 e. The summed E-state index contributed by atoms with van der Waals surface area (Å²) in [4.78, 5) is 12.5. The molecular weight excluding hydrogens is 721 g/mol. The number of esters is 1. The van der Waals surface area contributed by atoms with Gasteiger partial charge >= 0.3 is 5.97 Å². The van der Waals surface area contributed by atoms with Crippen LogP contribution in [0.2, 0.25) is 0 Å². The van der Waals surface area contributed by atoms with Crippen LogP contribution in [0.25, 0.3) is 0 Å². The molecule has 0 unspecified atom stereocenters. The molecule has 0 aromatic heterocycles. The molecule has 0 heterocycles. The maximum Gasteiger partial charge on any atom is 0.343 e. The highest BCUT2D eigenvalue weighted by molar-refractivity contribution is 14.1. The maximum atomic E-state index is 12.7. The Bertz CT molecular complexity index is 1010. The van der Waals surface area contributed by atoms with Crippen molar-refractivity contribution in [2.24, 2.45) is 0 Å². The van der Waals surface area contributed by atoms with Crippen molar-refractivity contribution in [1.29, 1.82) is 0 Å². The van der Waals surface area contributed by atoms with Crippen LogP contribution in [-0.2, 0) is 10.1 Å². The van der Waals surface area contributed by atoms with Gasteiger partial charge in [-0.1, -0.05) is 19.3 Å². The fourth-order valence-corrected chi connectivity index (χ4v) is 6.12. The summed E-state index contributed by atoms with van der Waals surface area (Å²) in [5.41, 5.74) is 0.688. The smallest absolute Gasteiger partial charge is 0.343 e. The standard InChI is InChI=1S/C19H17I3O5S/c20-14-7-8-15(18(22)17(14)21)27-19(23)12-6-9-16(28(24,25)26)13(10-12)11-4-2-1-3-5-11/h6-11H,1-5H2,(H,24,25,26)/p-1. The molecule has 5 nitrogen and oxygen atoms in total. The lowest BCUT2D eigenvalue weighted by molar-refractivity contribution is 0.0733. The van der Waals surface area contributed by atoms with Crippen LogP contribution in [0.3, 0.4) is 0 Å². The van der Waals surface area contributed by atoms with Crippen molar-refractivity contribution in [2.75, 3.05) is 0 Å². The summed E-state index contributed by atoms with van der Waals surface area (Å²) in [7, 11) is -4.61. The van der Waals surface area contributed by atoms with Gasteiger partial charge in [0.1, 0.15) is 15.9 Å². The Morgan fingerprint density at radius 3 is 2.32 bits per heavy atom. The average molecular weight is 737 g/mol. The van der Waals surface area contributed by atoms with E-state index in [0.29, 0.717) is 11.3 Å². The van der Waals surface area contributed by atoms with Gasteiger partial charge in [0.15, 0.2) is 0 Å². The van der Waals surface area contributed by atoms with Crippen molar-refractivity contribution in [3.05, 3.63) is 52.2 Å². The second-order valence-electron chi connectivity index (χ2n) is 6.60. The van der Waals surface area contributed by atoms with E-state index in [2.05, 4.69) is 67.8 Å². The van der Waals surface area contributed by atoms with Crippen molar-refractivity contribution >= 4 is 83.9 Å². The second-order valence-corrected chi connectivity index (χ2v) is 11.3. The first-order chi connectivity index (χ1) is 13.2. The van der Waals surface area contributed by atoms with E-state index in [4.69, 9.17) is 4.74 Å². The first-order valence-corrected chi connectivity index (χ1v) is 13.3. The number of carbonyl (C=O) groups is 1. The van der Waals surface area contributed by atoms with E-state index >= 15 is 0 Å². The molecular formula is C19H16I3O5S-. The molecule has 1 saturated carbocycles. The lowest BCUT2D eigenvalue weighted by atomic mass is 9.83. The van der Waals surface area contributed by atoms with E-state index in [1.165, 1.54) is 18.2 Å². The quantitative estimate of drug-likeness (QED) is 0.133. The third kappa shape index (κ3) is 5.19. The Labute approximate surface area is 205 Å². The molecule has 1 fully saturated rings.